The summed E-state index contributed by atoms with van der Waals surface area (Å²) in [6.07, 6.45) is 0. The van der Waals surface area contributed by atoms with Crippen LogP contribution in [0.2, 0.25) is 0 Å². The Labute approximate surface area is 156 Å². The molecule has 0 bridgehead atoms. The van der Waals surface area contributed by atoms with E-state index in [4.69, 9.17) is 4.52 Å². The molecule has 6 heteroatoms. The molecule has 1 N–H and O–H groups in total. The Bertz CT molecular complexity index is 1080. The highest BCUT2D eigenvalue weighted by atomic mass is 19.1. The molecule has 0 saturated carbocycles. The Kier molecular flexibility index (Phi) is 4.59. The van der Waals surface area contributed by atoms with Crippen LogP contribution in [0.3, 0.4) is 0 Å². The van der Waals surface area contributed by atoms with Crippen LogP contribution in [-0.2, 0) is 0 Å². The fraction of sp³-hybridized carbons (Fsp3) is 0.286. The molecule has 27 heavy (non-hydrogen) atoms. The van der Waals surface area contributed by atoms with Crippen molar-refractivity contribution in [1.29, 1.82) is 0 Å². The van der Waals surface area contributed by atoms with Crippen molar-refractivity contribution in [1.82, 2.24) is 10.1 Å². The second-order valence-corrected chi connectivity index (χ2v) is 6.90. The summed E-state index contributed by atoms with van der Waals surface area (Å²) in [5.41, 5.74) is 5.52. The summed E-state index contributed by atoms with van der Waals surface area (Å²) in [6.45, 7) is 10.8. The fourth-order valence-corrected chi connectivity index (χ4v) is 3.24. The molecule has 0 atom stereocenters. The van der Waals surface area contributed by atoms with Crippen molar-refractivity contribution in [3.05, 3.63) is 56.9 Å². The second-order valence-electron chi connectivity index (χ2n) is 6.90. The van der Waals surface area contributed by atoms with Gasteiger partial charge in [-0.05, 0) is 81.0 Å². The summed E-state index contributed by atoms with van der Waals surface area (Å²) < 4.78 is 20.1. The lowest BCUT2D eigenvalue weighted by atomic mass is 9.93. The van der Waals surface area contributed by atoms with Gasteiger partial charge in [0.1, 0.15) is 5.82 Å². The van der Waals surface area contributed by atoms with Crippen molar-refractivity contribution in [3.63, 3.8) is 0 Å². The van der Waals surface area contributed by atoms with E-state index in [-0.39, 0.29) is 28.7 Å². The van der Waals surface area contributed by atoms with Crippen molar-refractivity contribution in [3.8, 4) is 22.8 Å². The number of rotatable bonds is 3. The number of hydrogen-bond donors (Lipinski definition) is 1. The summed E-state index contributed by atoms with van der Waals surface area (Å²) in [6, 6.07) is 3.42. The maximum absolute atomic E-state index is 14.8. The molecule has 5 nitrogen and oxygen atoms in total. The predicted molar refractivity (Wildman–Crippen MR) is 101 cm³/mol. The van der Waals surface area contributed by atoms with Crippen molar-refractivity contribution in [2.45, 2.75) is 41.5 Å². The van der Waals surface area contributed by atoms with E-state index in [0.717, 1.165) is 16.7 Å². The Hall–Kier alpha value is -3.02. The summed E-state index contributed by atoms with van der Waals surface area (Å²) in [5, 5.41) is 13.4. The first-order valence-electron chi connectivity index (χ1n) is 8.58. The third-order valence-corrected chi connectivity index (χ3v) is 5.30. The van der Waals surface area contributed by atoms with Crippen LogP contribution >= 0.6 is 0 Å². The van der Waals surface area contributed by atoms with Crippen LogP contribution < -0.4 is 0 Å². The van der Waals surface area contributed by atoms with E-state index in [1.165, 1.54) is 6.07 Å². The highest BCUT2D eigenvalue weighted by molar-refractivity contribution is 5.92. The standard InChI is InChI=1S/C21H21FN2O3/c1-9-7-10(2)17(18(22)11(9)3)20-23-19(24-27-20)15-8-16(21(25)26)14(6)12(4)13(15)5/h7-8H,1-6H3,(H,25,26). The number of hydrogen-bond acceptors (Lipinski definition) is 4. The Morgan fingerprint density at radius 2 is 1.63 bits per heavy atom. The summed E-state index contributed by atoms with van der Waals surface area (Å²) in [5.74, 6) is -1.08. The molecular weight excluding hydrogens is 347 g/mol. The lowest BCUT2D eigenvalue weighted by Crippen LogP contribution is -2.04. The molecule has 0 aliphatic rings. The topological polar surface area (TPSA) is 76.2 Å². The number of halogens is 1. The van der Waals surface area contributed by atoms with E-state index in [0.29, 0.717) is 22.3 Å². The van der Waals surface area contributed by atoms with Gasteiger partial charge in [0, 0.05) is 5.56 Å². The molecule has 0 unspecified atom stereocenters. The molecule has 1 heterocycles. The van der Waals surface area contributed by atoms with Crippen LogP contribution in [-0.4, -0.2) is 21.2 Å². The first kappa shape index (κ1) is 18.8. The van der Waals surface area contributed by atoms with Crippen LogP contribution in [0.25, 0.3) is 22.8 Å². The smallest absolute Gasteiger partial charge is 0.335 e. The van der Waals surface area contributed by atoms with E-state index >= 15 is 0 Å². The molecule has 0 amide bonds. The monoisotopic (exact) mass is 368 g/mol. The highest BCUT2D eigenvalue weighted by Gasteiger charge is 2.22. The Balaban J connectivity index is 2.19. The minimum Gasteiger partial charge on any atom is -0.478 e. The minimum atomic E-state index is -1.02. The van der Waals surface area contributed by atoms with Crippen LogP contribution in [0, 0.1) is 47.4 Å². The normalized spacial score (nSPS) is 11.1. The van der Waals surface area contributed by atoms with E-state index in [1.54, 1.807) is 20.8 Å². The van der Waals surface area contributed by atoms with E-state index in [2.05, 4.69) is 10.1 Å². The number of aryl methyl sites for hydroxylation is 2. The third-order valence-electron chi connectivity index (χ3n) is 5.30. The van der Waals surface area contributed by atoms with E-state index < -0.39 is 5.97 Å². The molecule has 3 rings (SSSR count). The Morgan fingerprint density at radius 3 is 2.26 bits per heavy atom. The average Bonchev–Trinajstić information content (AvgIpc) is 3.07. The van der Waals surface area contributed by atoms with E-state index in [9.17, 15) is 14.3 Å². The molecule has 3 aromatic rings. The summed E-state index contributed by atoms with van der Waals surface area (Å²) >= 11 is 0. The second kappa shape index (κ2) is 6.61. The van der Waals surface area contributed by atoms with Gasteiger partial charge in [-0.15, -0.1) is 0 Å². The molecule has 140 valence electrons. The average molecular weight is 368 g/mol. The number of carboxylic acid groups (broad SMARTS) is 1. The molecule has 0 aliphatic carbocycles. The van der Waals surface area contributed by atoms with Gasteiger partial charge >= 0.3 is 5.97 Å². The zero-order chi connectivity index (χ0) is 20.0. The molecule has 0 spiro atoms. The van der Waals surface area contributed by atoms with E-state index in [1.807, 2.05) is 26.8 Å². The van der Waals surface area contributed by atoms with Crippen molar-refractivity contribution < 1.29 is 18.8 Å². The number of nitrogens with zero attached hydrogens (tertiary/aromatic N) is 2. The van der Waals surface area contributed by atoms with Gasteiger partial charge < -0.3 is 9.63 Å². The van der Waals surface area contributed by atoms with Gasteiger partial charge in [0.15, 0.2) is 0 Å². The lowest BCUT2D eigenvalue weighted by molar-refractivity contribution is 0.0696. The van der Waals surface area contributed by atoms with Gasteiger partial charge in [-0.2, -0.15) is 4.98 Å². The minimum absolute atomic E-state index is 0.0811. The zero-order valence-corrected chi connectivity index (χ0v) is 16.2. The highest BCUT2D eigenvalue weighted by Crippen LogP contribution is 2.33. The SMILES string of the molecule is Cc1cc(C)c(-c2nc(-c3cc(C(=O)O)c(C)c(C)c3C)no2)c(F)c1C. The van der Waals surface area contributed by atoms with Gasteiger partial charge in [-0.3, -0.25) is 0 Å². The third kappa shape index (κ3) is 3.01. The number of carboxylic acids is 1. The number of carbonyl (C=O) groups is 1. The van der Waals surface area contributed by atoms with Gasteiger partial charge in [-0.1, -0.05) is 11.2 Å². The number of benzene rings is 2. The summed E-state index contributed by atoms with van der Waals surface area (Å²) in [4.78, 5) is 15.9. The van der Waals surface area contributed by atoms with Crippen molar-refractivity contribution in [2.75, 3.05) is 0 Å². The molecule has 0 saturated heterocycles. The predicted octanol–water partition coefficient (Wildman–Crippen LogP) is 5.09. The van der Waals surface area contributed by atoms with Crippen LogP contribution in [0.15, 0.2) is 16.7 Å². The van der Waals surface area contributed by atoms with Crippen molar-refractivity contribution >= 4 is 5.97 Å². The quantitative estimate of drug-likeness (QED) is 0.697. The molecular formula is C21H21FN2O3. The van der Waals surface area contributed by atoms with Gasteiger partial charge in [0.2, 0.25) is 5.82 Å². The lowest BCUT2D eigenvalue weighted by Gasteiger charge is -2.12. The number of aromatic carboxylic acids is 1. The molecule has 0 radical (unpaired) electrons. The molecule has 1 aromatic heterocycles. The Morgan fingerprint density at radius 1 is 0.963 bits per heavy atom. The zero-order valence-electron chi connectivity index (χ0n) is 16.2. The van der Waals surface area contributed by atoms with Gasteiger partial charge in [0.25, 0.3) is 5.89 Å². The van der Waals surface area contributed by atoms with Crippen LogP contribution in [0.5, 0.6) is 0 Å². The largest absolute Gasteiger partial charge is 0.478 e. The first-order chi connectivity index (χ1) is 12.6. The molecule has 0 fully saturated rings. The molecule has 0 aliphatic heterocycles. The van der Waals surface area contributed by atoms with Gasteiger partial charge in [-0.25, -0.2) is 9.18 Å². The van der Waals surface area contributed by atoms with Crippen LogP contribution in [0.1, 0.15) is 43.7 Å². The van der Waals surface area contributed by atoms with Crippen molar-refractivity contribution in [2.24, 2.45) is 0 Å². The fourth-order valence-electron chi connectivity index (χ4n) is 3.24. The maximum atomic E-state index is 14.8. The first-order valence-corrected chi connectivity index (χ1v) is 8.58. The maximum Gasteiger partial charge on any atom is 0.335 e. The number of aromatic nitrogens is 2. The van der Waals surface area contributed by atoms with Gasteiger partial charge in [0.05, 0.1) is 11.1 Å². The summed E-state index contributed by atoms with van der Waals surface area (Å²) in [7, 11) is 0. The van der Waals surface area contributed by atoms with Crippen LogP contribution in [0.4, 0.5) is 4.39 Å². The molecule has 2 aromatic carbocycles.